The zero-order chi connectivity index (χ0) is 14.3. The van der Waals surface area contributed by atoms with Crippen molar-refractivity contribution < 1.29 is 18.7 Å². The van der Waals surface area contributed by atoms with Crippen molar-refractivity contribution in [3.63, 3.8) is 0 Å². The number of furan rings is 1. The summed E-state index contributed by atoms with van der Waals surface area (Å²) < 4.78 is 10.7. The molecule has 1 spiro atoms. The average molecular weight is 278 g/mol. The molecule has 1 aromatic rings. The molecule has 2 amide bonds. The number of carbonyl (C=O) groups is 2. The van der Waals surface area contributed by atoms with Gasteiger partial charge in [-0.2, -0.15) is 0 Å². The summed E-state index contributed by atoms with van der Waals surface area (Å²) in [5.74, 6) is -0.00599. The zero-order valence-electron chi connectivity index (χ0n) is 11.7. The molecule has 2 fully saturated rings. The monoisotopic (exact) mass is 278 g/mol. The summed E-state index contributed by atoms with van der Waals surface area (Å²) in [5.41, 5.74) is 0.941. The van der Waals surface area contributed by atoms with Crippen molar-refractivity contribution in [3.8, 4) is 0 Å². The maximum Gasteiger partial charge on any atom is 0.257 e. The molecule has 3 heterocycles. The first-order valence-electron chi connectivity index (χ1n) is 6.76. The van der Waals surface area contributed by atoms with Gasteiger partial charge in [0.15, 0.2) is 0 Å². The lowest BCUT2D eigenvalue weighted by Crippen LogP contribution is -2.53. The minimum Gasteiger partial charge on any atom is -0.471 e. The Bertz CT molecular complexity index is 543. The molecule has 108 valence electrons. The van der Waals surface area contributed by atoms with Gasteiger partial charge in [0.2, 0.25) is 0 Å². The van der Waals surface area contributed by atoms with Crippen LogP contribution >= 0.6 is 0 Å². The van der Waals surface area contributed by atoms with Gasteiger partial charge < -0.3 is 19.0 Å². The van der Waals surface area contributed by atoms with Gasteiger partial charge >= 0.3 is 0 Å². The van der Waals surface area contributed by atoms with Crippen molar-refractivity contribution in [1.82, 2.24) is 9.80 Å². The highest BCUT2D eigenvalue weighted by atomic mass is 16.5. The molecule has 0 N–H and O–H groups in total. The van der Waals surface area contributed by atoms with Crippen molar-refractivity contribution in [2.75, 3.05) is 26.7 Å². The number of likely N-dealkylation sites (N-methyl/N-ethyl adjacent to an activating group) is 1. The Hall–Kier alpha value is -1.82. The molecule has 0 radical (unpaired) electrons. The van der Waals surface area contributed by atoms with E-state index in [2.05, 4.69) is 0 Å². The lowest BCUT2D eigenvalue weighted by molar-refractivity contribution is -0.135. The number of amides is 2. The Kier molecular flexibility index (Phi) is 3.05. The van der Waals surface area contributed by atoms with Crippen molar-refractivity contribution in [2.24, 2.45) is 0 Å². The summed E-state index contributed by atoms with van der Waals surface area (Å²) in [6.07, 6.45) is 4.37. The van der Waals surface area contributed by atoms with Gasteiger partial charge in [-0.05, 0) is 12.5 Å². The summed E-state index contributed by atoms with van der Waals surface area (Å²) in [6.45, 7) is 3.17. The van der Waals surface area contributed by atoms with E-state index < -0.39 is 5.72 Å². The zero-order valence-corrected chi connectivity index (χ0v) is 11.7. The fraction of sp³-hybridized carbons (Fsp3) is 0.571. The molecule has 6 heteroatoms. The maximum absolute atomic E-state index is 12.4. The van der Waals surface area contributed by atoms with Crippen LogP contribution in [0.15, 0.2) is 16.9 Å². The van der Waals surface area contributed by atoms with E-state index in [0.29, 0.717) is 31.5 Å². The van der Waals surface area contributed by atoms with Crippen LogP contribution < -0.4 is 0 Å². The van der Waals surface area contributed by atoms with Gasteiger partial charge in [0.25, 0.3) is 11.8 Å². The van der Waals surface area contributed by atoms with Crippen LogP contribution in [0.25, 0.3) is 0 Å². The molecule has 20 heavy (non-hydrogen) atoms. The summed E-state index contributed by atoms with van der Waals surface area (Å²) in [4.78, 5) is 27.5. The normalized spacial score (nSPS) is 21.8. The fourth-order valence-electron chi connectivity index (χ4n) is 2.91. The Labute approximate surface area is 117 Å². The quantitative estimate of drug-likeness (QED) is 0.769. The second-order valence-corrected chi connectivity index (χ2v) is 5.45. The van der Waals surface area contributed by atoms with Crippen LogP contribution in [0.2, 0.25) is 0 Å². The molecule has 6 nitrogen and oxygen atoms in total. The predicted octanol–water partition coefficient (Wildman–Crippen LogP) is 1.01. The number of nitrogens with zero attached hydrogens (tertiary/aromatic N) is 2. The van der Waals surface area contributed by atoms with E-state index in [1.54, 1.807) is 23.1 Å². The lowest BCUT2D eigenvalue weighted by Gasteiger charge is -2.41. The Morgan fingerprint density at radius 2 is 2.00 bits per heavy atom. The SMILES string of the molecule is Cc1cocc1C(=O)N1CCC2(CC1)OCC(=O)N2C. The van der Waals surface area contributed by atoms with Crippen LogP contribution in [0.3, 0.4) is 0 Å². The van der Waals surface area contributed by atoms with Crippen molar-refractivity contribution >= 4 is 11.8 Å². The van der Waals surface area contributed by atoms with Crippen molar-refractivity contribution in [1.29, 1.82) is 0 Å². The third-order valence-corrected chi connectivity index (χ3v) is 4.37. The smallest absolute Gasteiger partial charge is 0.257 e. The molecule has 1 aromatic heterocycles. The van der Waals surface area contributed by atoms with E-state index in [9.17, 15) is 9.59 Å². The van der Waals surface area contributed by atoms with E-state index >= 15 is 0 Å². The molecule has 0 saturated carbocycles. The minimum absolute atomic E-state index is 0.00968. The minimum atomic E-state index is -0.515. The topological polar surface area (TPSA) is 63.0 Å². The highest BCUT2D eigenvalue weighted by Crippen LogP contribution is 2.34. The molecular formula is C14H18N2O4. The number of aryl methyl sites for hydroxylation is 1. The van der Waals surface area contributed by atoms with Gasteiger partial charge in [-0.3, -0.25) is 9.59 Å². The van der Waals surface area contributed by atoms with Gasteiger partial charge in [0.05, 0.1) is 11.8 Å². The fourth-order valence-corrected chi connectivity index (χ4v) is 2.91. The highest BCUT2D eigenvalue weighted by molar-refractivity contribution is 5.95. The standard InChI is InChI=1S/C14H18N2O4/c1-10-7-19-8-11(10)13(18)16-5-3-14(4-6-16)15(2)12(17)9-20-14/h7-8H,3-6,9H2,1-2H3. The van der Waals surface area contributed by atoms with Crippen molar-refractivity contribution in [3.05, 3.63) is 23.7 Å². The summed E-state index contributed by atoms with van der Waals surface area (Å²) >= 11 is 0. The van der Waals surface area contributed by atoms with E-state index in [1.165, 1.54) is 6.26 Å². The third-order valence-electron chi connectivity index (χ3n) is 4.37. The van der Waals surface area contributed by atoms with Gasteiger partial charge in [-0.1, -0.05) is 0 Å². The number of piperidine rings is 1. The molecule has 2 aliphatic rings. The van der Waals surface area contributed by atoms with Crippen LogP contribution in [0.5, 0.6) is 0 Å². The molecular weight excluding hydrogens is 260 g/mol. The molecule has 2 saturated heterocycles. The number of hydrogen-bond donors (Lipinski definition) is 0. The van der Waals surface area contributed by atoms with Crippen LogP contribution in [-0.2, 0) is 9.53 Å². The van der Waals surface area contributed by atoms with Gasteiger partial charge in [-0.15, -0.1) is 0 Å². The first-order valence-corrected chi connectivity index (χ1v) is 6.76. The number of ether oxygens (including phenoxy) is 1. The van der Waals surface area contributed by atoms with Gasteiger partial charge in [0, 0.05) is 33.0 Å². The van der Waals surface area contributed by atoms with Gasteiger partial charge in [-0.25, -0.2) is 0 Å². The summed E-state index contributed by atoms with van der Waals surface area (Å²) in [6, 6.07) is 0. The third kappa shape index (κ3) is 1.91. The van der Waals surface area contributed by atoms with Crippen LogP contribution in [-0.4, -0.2) is 54.1 Å². The summed E-state index contributed by atoms with van der Waals surface area (Å²) in [5, 5.41) is 0. The first kappa shape index (κ1) is 13.2. The summed E-state index contributed by atoms with van der Waals surface area (Å²) in [7, 11) is 1.77. The van der Waals surface area contributed by atoms with Gasteiger partial charge in [0.1, 0.15) is 18.6 Å². The largest absolute Gasteiger partial charge is 0.471 e. The second kappa shape index (κ2) is 4.63. The highest BCUT2D eigenvalue weighted by Gasteiger charge is 2.47. The Balaban J connectivity index is 1.69. The van der Waals surface area contributed by atoms with Crippen molar-refractivity contribution in [2.45, 2.75) is 25.5 Å². The lowest BCUT2D eigenvalue weighted by atomic mass is 9.98. The van der Waals surface area contributed by atoms with Crippen LogP contribution in [0.1, 0.15) is 28.8 Å². The van der Waals surface area contributed by atoms with Crippen LogP contribution in [0.4, 0.5) is 0 Å². The first-order chi connectivity index (χ1) is 9.53. The number of rotatable bonds is 1. The van der Waals surface area contributed by atoms with E-state index in [0.717, 1.165) is 5.56 Å². The Morgan fingerprint density at radius 1 is 1.30 bits per heavy atom. The molecule has 0 aliphatic carbocycles. The maximum atomic E-state index is 12.4. The molecule has 0 aromatic carbocycles. The van der Waals surface area contributed by atoms with E-state index in [4.69, 9.17) is 9.15 Å². The molecule has 3 rings (SSSR count). The van der Waals surface area contributed by atoms with E-state index in [-0.39, 0.29) is 18.4 Å². The van der Waals surface area contributed by atoms with Crippen LogP contribution in [0, 0.1) is 6.92 Å². The number of hydrogen-bond acceptors (Lipinski definition) is 4. The molecule has 0 unspecified atom stereocenters. The molecule has 0 atom stereocenters. The number of likely N-dealkylation sites (tertiary alicyclic amines) is 1. The molecule has 0 bridgehead atoms. The molecule has 2 aliphatic heterocycles. The van der Waals surface area contributed by atoms with E-state index in [1.807, 2.05) is 6.92 Å². The predicted molar refractivity (Wildman–Crippen MR) is 70.0 cm³/mol. The Morgan fingerprint density at radius 3 is 2.50 bits per heavy atom. The second-order valence-electron chi connectivity index (χ2n) is 5.45. The average Bonchev–Trinajstić information content (AvgIpc) is 2.99. The number of carbonyl (C=O) groups excluding carboxylic acids is 2.